The Morgan fingerprint density at radius 2 is 1.87 bits per heavy atom. The van der Waals surface area contributed by atoms with Crippen LogP contribution in [0, 0.1) is 11.6 Å². The number of benzene rings is 2. The van der Waals surface area contributed by atoms with Crippen LogP contribution in [0.4, 0.5) is 8.78 Å². The Morgan fingerprint density at radius 3 is 2.60 bits per heavy atom. The second-order valence-electron chi connectivity index (χ2n) is 7.92. The highest BCUT2D eigenvalue weighted by Crippen LogP contribution is 2.41. The van der Waals surface area contributed by atoms with E-state index in [1.54, 1.807) is 6.07 Å². The fraction of sp³-hybridized carbons (Fsp3) is 0.409. The van der Waals surface area contributed by atoms with E-state index in [2.05, 4.69) is 4.90 Å². The third kappa shape index (κ3) is 4.39. The summed E-state index contributed by atoms with van der Waals surface area (Å²) in [5.41, 5.74) is 0.408. The molecule has 0 amide bonds. The van der Waals surface area contributed by atoms with Crippen LogP contribution in [0.15, 0.2) is 36.4 Å². The summed E-state index contributed by atoms with van der Waals surface area (Å²) >= 11 is 0. The van der Waals surface area contributed by atoms with Gasteiger partial charge in [-0.2, -0.15) is 0 Å². The Balaban J connectivity index is 1.28. The number of aliphatic hydroxyl groups is 1. The van der Waals surface area contributed by atoms with Crippen molar-refractivity contribution in [2.45, 2.75) is 31.0 Å². The van der Waals surface area contributed by atoms with Gasteiger partial charge in [-0.15, -0.1) is 0 Å². The number of carbonyl (C=O) groups is 1. The predicted molar refractivity (Wildman–Crippen MR) is 104 cm³/mol. The Labute approximate surface area is 172 Å². The van der Waals surface area contributed by atoms with Gasteiger partial charge in [-0.25, -0.2) is 13.6 Å². The molecule has 2 aromatic rings. The normalized spacial score (nSPS) is 18.6. The summed E-state index contributed by atoms with van der Waals surface area (Å²) in [7, 11) is 0. The van der Waals surface area contributed by atoms with E-state index in [1.807, 2.05) is 0 Å². The van der Waals surface area contributed by atoms with E-state index in [4.69, 9.17) is 14.6 Å². The molecule has 4 rings (SSSR count). The Morgan fingerprint density at radius 1 is 1.17 bits per heavy atom. The van der Waals surface area contributed by atoms with Crippen LogP contribution in [-0.2, 0) is 6.42 Å². The molecule has 0 radical (unpaired) electrons. The number of piperidine rings is 1. The Bertz CT molecular complexity index is 943. The highest BCUT2D eigenvalue weighted by molar-refractivity contribution is 5.90. The molecule has 2 N–H and O–H groups in total. The zero-order chi connectivity index (χ0) is 21.3. The fourth-order valence-electron chi connectivity index (χ4n) is 4.15. The second-order valence-corrected chi connectivity index (χ2v) is 7.92. The number of ether oxygens (including phenoxy) is 2. The summed E-state index contributed by atoms with van der Waals surface area (Å²) < 4.78 is 38.3. The molecule has 1 fully saturated rings. The lowest BCUT2D eigenvalue weighted by molar-refractivity contribution is -0.00204. The molecular formula is C22H23F2NO5. The van der Waals surface area contributed by atoms with Crippen molar-refractivity contribution in [3.05, 3.63) is 59.2 Å². The number of aromatic carboxylic acids is 1. The van der Waals surface area contributed by atoms with E-state index in [0.29, 0.717) is 26.1 Å². The van der Waals surface area contributed by atoms with Crippen LogP contribution in [-0.4, -0.2) is 59.0 Å². The molecule has 2 heterocycles. The van der Waals surface area contributed by atoms with Gasteiger partial charge in [0.05, 0.1) is 0 Å². The molecule has 8 heteroatoms. The highest BCUT2D eigenvalue weighted by atomic mass is 19.1. The van der Waals surface area contributed by atoms with E-state index >= 15 is 0 Å². The van der Waals surface area contributed by atoms with E-state index in [0.717, 1.165) is 42.4 Å². The SMILES string of the molecule is O=C(O)c1ccc(F)cc1OC[C@@H](O)CN1CCC2(CC1)Cc1cc(F)ccc1O2. The molecule has 160 valence electrons. The molecule has 1 atom stereocenters. The molecule has 0 saturated carbocycles. The van der Waals surface area contributed by atoms with Crippen LogP contribution in [0.1, 0.15) is 28.8 Å². The number of likely N-dealkylation sites (tertiary alicyclic amines) is 1. The summed E-state index contributed by atoms with van der Waals surface area (Å²) in [6.45, 7) is 1.60. The first-order valence-electron chi connectivity index (χ1n) is 9.87. The van der Waals surface area contributed by atoms with Gasteiger partial charge in [0.1, 0.15) is 47.0 Å². The number of carboxylic acids is 1. The van der Waals surface area contributed by atoms with Gasteiger partial charge in [-0.05, 0) is 30.3 Å². The lowest BCUT2D eigenvalue weighted by atomic mass is 9.87. The van der Waals surface area contributed by atoms with Crippen molar-refractivity contribution in [3.8, 4) is 11.5 Å². The Kier molecular flexibility index (Phi) is 5.62. The van der Waals surface area contributed by atoms with Crippen molar-refractivity contribution < 1.29 is 33.3 Å². The molecule has 0 unspecified atom stereocenters. The van der Waals surface area contributed by atoms with Gasteiger partial charge in [-0.1, -0.05) is 0 Å². The third-order valence-electron chi connectivity index (χ3n) is 5.70. The zero-order valence-electron chi connectivity index (χ0n) is 16.3. The molecule has 2 aliphatic rings. The molecule has 1 saturated heterocycles. The van der Waals surface area contributed by atoms with Gasteiger partial charge in [-0.3, -0.25) is 0 Å². The van der Waals surface area contributed by atoms with E-state index in [9.17, 15) is 18.7 Å². The number of hydrogen-bond donors (Lipinski definition) is 2. The van der Waals surface area contributed by atoms with Crippen LogP contribution in [0.2, 0.25) is 0 Å². The first kappa shape index (κ1) is 20.6. The largest absolute Gasteiger partial charge is 0.490 e. The monoisotopic (exact) mass is 419 g/mol. The van der Waals surface area contributed by atoms with Gasteiger partial charge in [0.25, 0.3) is 0 Å². The maximum atomic E-state index is 13.5. The first-order valence-corrected chi connectivity index (χ1v) is 9.87. The molecule has 0 bridgehead atoms. The predicted octanol–water partition coefficient (Wildman–Crippen LogP) is 2.87. The minimum atomic E-state index is -1.22. The smallest absolute Gasteiger partial charge is 0.339 e. The Hall–Kier alpha value is -2.71. The summed E-state index contributed by atoms with van der Waals surface area (Å²) in [4.78, 5) is 13.3. The van der Waals surface area contributed by atoms with Crippen LogP contribution in [0.5, 0.6) is 11.5 Å². The summed E-state index contributed by atoms with van der Waals surface area (Å²) in [6, 6.07) is 7.78. The van der Waals surface area contributed by atoms with E-state index < -0.39 is 17.9 Å². The molecule has 0 aromatic heterocycles. The quantitative estimate of drug-likeness (QED) is 0.750. The molecule has 0 aliphatic carbocycles. The number of carboxylic acid groups (broad SMARTS) is 1. The summed E-state index contributed by atoms with van der Waals surface area (Å²) in [6.07, 6.45) is 1.32. The van der Waals surface area contributed by atoms with Gasteiger partial charge in [0.2, 0.25) is 0 Å². The molecule has 1 spiro atoms. The molecule has 2 aliphatic heterocycles. The number of aliphatic hydroxyl groups excluding tert-OH is 1. The zero-order valence-corrected chi connectivity index (χ0v) is 16.3. The van der Waals surface area contributed by atoms with Crippen molar-refractivity contribution >= 4 is 5.97 Å². The topological polar surface area (TPSA) is 79.2 Å². The lowest BCUT2D eigenvalue weighted by Crippen LogP contribution is -2.49. The number of fused-ring (bicyclic) bond motifs is 1. The van der Waals surface area contributed by atoms with Crippen molar-refractivity contribution in [2.75, 3.05) is 26.2 Å². The number of β-amino-alcohol motifs (C(OH)–C–C–N with tert-alkyl or cyclic N) is 1. The van der Waals surface area contributed by atoms with Gasteiger partial charge < -0.3 is 24.6 Å². The van der Waals surface area contributed by atoms with Gasteiger partial charge in [0, 0.05) is 50.5 Å². The molecule has 2 aromatic carbocycles. The van der Waals surface area contributed by atoms with Crippen molar-refractivity contribution in [1.29, 1.82) is 0 Å². The second kappa shape index (κ2) is 8.20. The number of rotatable bonds is 6. The maximum absolute atomic E-state index is 13.5. The van der Waals surface area contributed by atoms with Crippen LogP contribution in [0.25, 0.3) is 0 Å². The average Bonchev–Trinajstić information content (AvgIpc) is 3.05. The van der Waals surface area contributed by atoms with Crippen molar-refractivity contribution in [3.63, 3.8) is 0 Å². The van der Waals surface area contributed by atoms with E-state index in [1.165, 1.54) is 12.1 Å². The molecule has 30 heavy (non-hydrogen) atoms. The van der Waals surface area contributed by atoms with E-state index in [-0.39, 0.29) is 29.3 Å². The maximum Gasteiger partial charge on any atom is 0.339 e. The minimum Gasteiger partial charge on any atom is -0.490 e. The number of halogens is 2. The summed E-state index contributed by atoms with van der Waals surface area (Å²) in [5, 5.41) is 19.5. The molecular weight excluding hydrogens is 396 g/mol. The number of hydrogen-bond acceptors (Lipinski definition) is 5. The van der Waals surface area contributed by atoms with Crippen LogP contribution >= 0.6 is 0 Å². The standard InChI is InChI=1S/C22H23F2NO5/c23-15-2-4-19-14(9-15)11-22(30-19)5-7-25(8-6-22)12-17(26)13-29-20-10-16(24)1-3-18(20)21(27)28/h1-4,9-10,17,26H,5-8,11-13H2,(H,27,28)/t17-/m0/s1. The lowest BCUT2D eigenvalue weighted by Gasteiger charge is -2.39. The number of nitrogens with zero attached hydrogens (tertiary/aromatic N) is 1. The highest BCUT2D eigenvalue weighted by Gasteiger charge is 2.42. The van der Waals surface area contributed by atoms with Crippen molar-refractivity contribution in [1.82, 2.24) is 4.90 Å². The summed E-state index contributed by atoms with van der Waals surface area (Å²) in [5.74, 6) is -1.47. The van der Waals surface area contributed by atoms with Crippen LogP contribution < -0.4 is 9.47 Å². The average molecular weight is 419 g/mol. The molecule has 6 nitrogen and oxygen atoms in total. The first-order chi connectivity index (χ1) is 14.3. The van der Waals surface area contributed by atoms with Gasteiger partial charge in [0.15, 0.2) is 0 Å². The van der Waals surface area contributed by atoms with Crippen LogP contribution in [0.3, 0.4) is 0 Å². The third-order valence-corrected chi connectivity index (χ3v) is 5.70. The van der Waals surface area contributed by atoms with Crippen molar-refractivity contribution in [2.24, 2.45) is 0 Å². The van der Waals surface area contributed by atoms with Gasteiger partial charge >= 0.3 is 5.97 Å². The minimum absolute atomic E-state index is 0.108. The fourth-order valence-corrected chi connectivity index (χ4v) is 4.15.